The van der Waals surface area contributed by atoms with Gasteiger partial charge in [0.25, 0.3) is 0 Å². The molecule has 1 atom stereocenters. The molecule has 0 radical (unpaired) electrons. The van der Waals surface area contributed by atoms with E-state index in [4.69, 9.17) is 10.8 Å². The molecule has 5 heteroatoms. The van der Waals surface area contributed by atoms with E-state index in [0.717, 1.165) is 0 Å². The number of rotatable bonds is 6. The zero-order chi connectivity index (χ0) is 11.5. The molecule has 0 aromatic carbocycles. The summed E-state index contributed by atoms with van der Waals surface area (Å²) in [5.41, 5.74) is 4.65. The van der Waals surface area contributed by atoms with Gasteiger partial charge >= 0.3 is 5.97 Å². The number of hydrogen-bond donors (Lipinski definition) is 3. The smallest absolute Gasteiger partial charge is 0.311 e. The van der Waals surface area contributed by atoms with Crippen molar-refractivity contribution < 1.29 is 14.7 Å². The van der Waals surface area contributed by atoms with Gasteiger partial charge in [0.1, 0.15) is 0 Å². The fraction of sp³-hybridized carbons (Fsp3) is 0.800. The van der Waals surface area contributed by atoms with E-state index in [-0.39, 0.29) is 18.4 Å². The van der Waals surface area contributed by atoms with Crippen molar-refractivity contribution in [1.29, 1.82) is 0 Å². The van der Waals surface area contributed by atoms with Gasteiger partial charge in [0.15, 0.2) is 0 Å². The van der Waals surface area contributed by atoms with Crippen LogP contribution in [-0.4, -0.2) is 30.1 Å². The van der Waals surface area contributed by atoms with Crippen LogP contribution in [0.4, 0.5) is 0 Å². The minimum absolute atomic E-state index is 0.104. The molecule has 0 heterocycles. The summed E-state index contributed by atoms with van der Waals surface area (Å²) in [6, 6.07) is 0. The Bertz CT molecular complexity index is 261. The van der Waals surface area contributed by atoms with Gasteiger partial charge in [-0.05, 0) is 25.8 Å². The Hall–Kier alpha value is -1.10. The SMILES string of the molecule is CC(CCN)C(=O)NCC1(C(=O)O)CC1. The molecule has 1 saturated carbocycles. The molecule has 1 unspecified atom stereocenters. The fourth-order valence-electron chi connectivity index (χ4n) is 1.43. The van der Waals surface area contributed by atoms with Gasteiger partial charge in [-0.15, -0.1) is 0 Å². The molecule has 0 aliphatic heterocycles. The van der Waals surface area contributed by atoms with Gasteiger partial charge in [0.2, 0.25) is 5.91 Å². The standard InChI is InChI=1S/C10H18N2O3/c1-7(2-5-11)8(13)12-6-10(3-4-10)9(14)15/h7H,2-6,11H2,1H3,(H,12,13)(H,14,15). The minimum Gasteiger partial charge on any atom is -0.481 e. The average Bonchev–Trinajstić information content (AvgIpc) is 2.95. The van der Waals surface area contributed by atoms with Crippen LogP contribution in [-0.2, 0) is 9.59 Å². The molecule has 1 fully saturated rings. The summed E-state index contributed by atoms with van der Waals surface area (Å²) in [4.78, 5) is 22.3. The number of nitrogens with one attached hydrogen (secondary N) is 1. The Labute approximate surface area is 89.0 Å². The van der Waals surface area contributed by atoms with Crippen LogP contribution in [0.25, 0.3) is 0 Å². The van der Waals surface area contributed by atoms with Gasteiger partial charge in [-0.1, -0.05) is 6.92 Å². The lowest BCUT2D eigenvalue weighted by atomic mass is 10.1. The van der Waals surface area contributed by atoms with Crippen molar-refractivity contribution in [3.63, 3.8) is 0 Å². The van der Waals surface area contributed by atoms with Crippen molar-refractivity contribution >= 4 is 11.9 Å². The Morgan fingerprint density at radius 2 is 2.13 bits per heavy atom. The molecule has 1 amide bonds. The number of hydrogen-bond acceptors (Lipinski definition) is 3. The molecule has 0 aromatic heterocycles. The molecule has 86 valence electrons. The molecular weight excluding hydrogens is 196 g/mol. The summed E-state index contributed by atoms with van der Waals surface area (Å²) in [5, 5.41) is 11.6. The molecule has 0 saturated heterocycles. The zero-order valence-corrected chi connectivity index (χ0v) is 8.95. The van der Waals surface area contributed by atoms with Crippen LogP contribution in [0.5, 0.6) is 0 Å². The van der Waals surface area contributed by atoms with Gasteiger partial charge in [-0.3, -0.25) is 9.59 Å². The van der Waals surface area contributed by atoms with E-state index >= 15 is 0 Å². The lowest BCUT2D eigenvalue weighted by Gasteiger charge is -2.14. The normalized spacial score (nSPS) is 19.3. The molecular formula is C10H18N2O3. The maximum Gasteiger partial charge on any atom is 0.311 e. The first kappa shape index (κ1) is 12.0. The largest absolute Gasteiger partial charge is 0.481 e. The minimum atomic E-state index is -0.811. The van der Waals surface area contributed by atoms with Crippen molar-refractivity contribution in [2.75, 3.05) is 13.1 Å². The van der Waals surface area contributed by atoms with Crippen LogP contribution < -0.4 is 11.1 Å². The second-order valence-electron chi connectivity index (χ2n) is 4.28. The van der Waals surface area contributed by atoms with E-state index in [1.165, 1.54) is 0 Å². The summed E-state index contributed by atoms with van der Waals surface area (Å²) in [6.07, 6.45) is 1.95. The number of nitrogens with two attached hydrogens (primary N) is 1. The molecule has 15 heavy (non-hydrogen) atoms. The summed E-state index contributed by atoms with van der Waals surface area (Å²) in [7, 11) is 0. The summed E-state index contributed by atoms with van der Waals surface area (Å²) < 4.78 is 0. The topological polar surface area (TPSA) is 92.4 Å². The van der Waals surface area contributed by atoms with Crippen molar-refractivity contribution in [2.45, 2.75) is 26.2 Å². The Kier molecular flexibility index (Phi) is 3.68. The fourth-order valence-corrected chi connectivity index (χ4v) is 1.43. The van der Waals surface area contributed by atoms with E-state index in [1.54, 1.807) is 6.92 Å². The van der Waals surface area contributed by atoms with Crippen LogP contribution in [0.1, 0.15) is 26.2 Å². The first-order chi connectivity index (χ1) is 7.02. The third-order valence-electron chi connectivity index (χ3n) is 2.96. The van der Waals surface area contributed by atoms with E-state index in [0.29, 0.717) is 25.8 Å². The molecule has 1 rings (SSSR count). The molecule has 0 bridgehead atoms. The Morgan fingerprint density at radius 1 is 1.53 bits per heavy atom. The predicted molar refractivity (Wildman–Crippen MR) is 55.1 cm³/mol. The second-order valence-corrected chi connectivity index (χ2v) is 4.28. The lowest BCUT2D eigenvalue weighted by Crippen LogP contribution is -2.37. The number of aliphatic carboxylic acids is 1. The maximum atomic E-state index is 11.5. The van der Waals surface area contributed by atoms with Crippen molar-refractivity contribution in [1.82, 2.24) is 5.32 Å². The highest BCUT2D eigenvalue weighted by Gasteiger charge is 2.50. The number of carboxylic acids is 1. The second kappa shape index (κ2) is 4.61. The molecule has 5 nitrogen and oxygen atoms in total. The lowest BCUT2D eigenvalue weighted by molar-refractivity contribution is -0.143. The highest BCUT2D eigenvalue weighted by molar-refractivity contribution is 5.81. The first-order valence-electron chi connectivity index (χ1n) is 5.23. The monoisotopic (exact) mass is 214 g/mol. The predicted octanol–water partition coefficient (Wildman–Crippen LogP) is -0.0477. The summed E-state index contributed by atoms with van der Waals surface area (Å²) in [5.74, 6) is -1.05. The third-order valence-corrected chi connectivity index (χ3v) is 2.96. The summed E-state index contributed by atoms with van der Waals surface area (Å²) >= 11 is 0. The number of carbonyl (C=O) groups excluding carboxylic acids is 1. The Balaban J connectivity index is 2.31. The van der Waals surface area contributed by atoms with Crippen LogP contribution in [0.15, 0.2) is 0 Å². The van der Waals surface area contributed by atoms with Crippen LogP contribution in [0.3, 0.4) is 0 Å². The maximum absolute atomic E-state index is 11.5. The number of amides is 1. The van der Waals surface area contributed by atoms with Gasteiger partial charge in [0, 0.05) is 12.5 Å². The van der Waals surface area contributed by atoms with Gasteiger partial charge in [-0.25, -0.2) is 0 Å². The van der Waals surface area contributed by atoms with Crippen LogP contribution in [0, 0.1) is 11.3 Å². The van der Waals surface area contributed by atoms with Crippen LogP contribution >= 0.6 is 0 Å². The number of carbonyl (C=O) groups is 2. The van der Waals surface area contributed by atoms with Crippen LogP contribution in [0.2, 0.25) is 0 Å². The zero-order valence-electron chi connectivity index (χ0n) is 8.95. The Morgan fingerprint density at radius 3 is 2.53 bits per heavy atom. The first-order valence-corrected chi connectivity index (χ1v) is 5.23. The van der Waals surface area contributed by atoms with Gasteiger partial charge < -0.3 is 16.2 Å². The molecule has 4 N–H and O–H groups in total. The van der Waals surface area contributed by atoms with E-state index in [1.807, 2.05) is 0 Å². The molecule has 1 aliphatic rings. The molecule has 1 aliphatic carbocycles. The highest BCUT2D eigenvalue weighted by Crippen LogP contribution is 2.45. The third kappa shape index (κ3) is 2.92. The highest BCUT2D eigenvalue weighted by atomic mass is 16.4. The molecule has 0 aromatic rings. The molecule has 0 spiro atoms. The van der Waals surface area contributed by atoms with E-state index in [2.05, 4.69) is 5.32 Å². The van der Waals surface area contributed by atoms with Crippen molar-refractivity contribution in [3.05, 3.63) is 0 Å². The summed E-state index contributed by atoms with van der Waals surface area (Å²) in [6.45, 7) is 2.51. The quantitative estimate of drug-likeness (QED) is 0.578. The van der Waals surface area contributed by atoms with Gasteiger partial charge in [0.05, 0.1) is 5.41 Å². The average molecular weight is 214 g/mol. The van der Waals surface area contributed by atoms with Crippen molar-refractivity contribution in [3.8, 4) is 0 Å². The van der Waals surface area contributed by atoms with Gasteiger partial charge in [-0.2, -0.15) is 0 Å². The van der Waals surface area contributed by atoms with E-state index < -0.39 is 11.4 Å². The van der Waals surface area contributed by atoms with Crippen molar-refractivity contribution in [2.24, 2.45) is 17.1 Å². The van der Waals surface area contributed by atoms with E-state index in [9.17, 15) is 9.59 Å². The number of carboxylic acid groups (broad SMARTS) is 1.